The SMILES string of the molecule is Cc1ccccc1C(=O)N1CCN(C(=O)c2ccccc2I)CC1. The minimum Gasteiger partial charge on any atom is -0.335 e. The number of amides is 2. The topological polar surface area (TPSA) is 40.6 Å². The summed E-state index contributed by atoms with van der Waals surface area (Å²) in [5.74, 6) is 0.0949. The molecule has 2 amide bonds. The first-order valence-corrected chi connectivity index (χ1v) is 9.04. The molecule has 0 saturated carbocycles. The van der Waals surface area contributed by atoms with Crippen LogP contribution in [0, 0.1) is 10.5 Å². The van der Waals surface area contributed by atoms with Crippen molar-refractivity contribution in [2.45, 2.75) is 6.92 Å². The van der Waals surface area contributed by atoms with Gasteiger partial charge in [-0.2, -0.15) is 0 Å². The zero-order valence-corrected chi connectivity index (χ0v) is 15.7. The molecule has 2 aromatic rings. The highest BCUT2D eigenvalue weighted by Gasteiger charge is 2.26. The van der Waals surface area contributed by atoms with Crippen molar-refractivity contribution in [1.29, 1.82) is 0 Å². The van der Waals surface area contributed by atoms with Crippen LogP contribution in [0.2, 0.25) is 0 Å². The maximum absolute atomic E-state index is 12.6. The number of rotatable bonds is 2. The van der Waals surface area contributed by atoms with Crippen LogP contribution in [0.1, 0.15) is 26.3 Å². The molecular formula is C19H19IN2O2. The lowest BCUT2D eigenvalue weighted by Gasteiger charge is -2.35. The van der Waals surface area contributed by atoms with E-state index < -0.39 is 0 Å². The molecule has 0 aliphatic carbocycles. The molecule has 1 aliphatic heterocycles. The molecule has 1 aliphatic rings. The fourth-order valence-corrected chi connectivity index (χ4v) is 3.52. The molecule has 0 unspecified atom stereocenters. The first-order chi connectivity index (χ1) is 11.6. The van der Waals surface area contributed by atoms with E-state index in [1.807, 2.05) is 65.3 Å². The highest BCUT2D eigenvalue weighted by Crippen LogP contribution is 2.17. The minimum atomic E-state index is 0.0444. The Kier molecular flexibility index (Phi) is 5.18. The quantitative estimate of drug-likeness (QED) is 0.682. The highest BCUT2D eigenvalue weighted by molar-refractivity contribution is 14.1. The molecule has 124 valence electrons. The summed E-state index contributed by atoms with van der Waals surface area (Å²) in [6.45, 7) is 4.23. The number of hydrogen-bond donors (Lipinski definition) is 0. The molecule has 5 heteroatoms. The molecule has 0 spiro atoms. The van der Waals surface area contributed by atoms with Crippen molar-refractivity contribution >= 4 is 34.4 Å². The van der Waals surface area contributed by atoms with E-state index in [2.05, 4.69) is 22.6 Å². The van der Waals surface area contributed by atoms with Crippen molar-refractivity contribution in [3.63, 3.8) is 0 Å². The van der Waals surface area contributed by atoms with Gasteiger partial charge in [-0.15, -0.1) is 0 Å². The van der Waals surface area contributed by atoms with Gasteiger partial charge < -0.3 is 9.80 Å². The van der Waals surface area contributed by atoms with Crippen molar-refractivity contribution in [3.8, 4) is 0 Å². The maximum atomic E-state index is 12.6. The molecule has 1 heterocycles. The van der Waals surface area contributed by atoms with Crippen molar-refractivity contribution in [1.82, 2.24) is 9.80 Å². The summed E-state index contributed by atoms with van der Waals surface area (Å²) in [7, 11) is 0. The number of nitrogens with zero attached hydrogens (tertiary/aromatic N) is 2. The average Bonchev–Trinajstić information content (AvgIpc) is 2.61. The van der Waals surface area contributed by atoms with Crippen LogP contribution in [-0.4, -0.2) is 47.8 Å². The van der Waals surface area contributed by atoms with Gasteiger partial charge in [0.25, 0.3) is 11.8 Å². The van der Waals surface area contributed by atoms with Crippen LogP contribution in [0.5, 0.6) is 0 Å². The molecule has 0 aromatic heterocycles. The molecule has 0 atom stereocenters. The van der Waals surface area contributed by atoms with E-state index >= 15 is 0 Å². The van der Waals surface area contributed by atoms with Crippen LogP contribution >= 0.6 is 22.6 Å². The van der Waals surface area contributed by atoms with Gasteiger partial charge in [0, 0.05) is 35.3 Å². The molecule has 3 rings (SSSR count). The van der Waals surface area contributed by atoms with Crippen LogP contribution in [0.25, 0.3) is 0 Å². The van der Waals surface area contributed by atoms with E-state index in [1.54, 1.807) is 0 Å². The Morgan fingerprint density at radius 3 is 1.79 bits per heavy atom. The molecule has 0 bridgehead atoms. The number of aryl methyl sites for hydroxylation is 1. The Morgan fingerprint density at radius 1 is 0.792 bits per heavy atom. The lowest BCUT2D eigenvalue weighted by molar-refractivity contribution is 0.0534. The van der Waals surface area contributed by atoms with Gasteiger partial charge in [0.15, 0.2) is 0 Å². The standard InChI is InChI=1S/C19H19IN2O2/c1-14-6-2-3-7-15(14)18(23)21-10-12-22(13-11-21)19(24)16-8-4-5-9-17(16)20/h2-9H,10-13H2,1H3. The highest BCUT2D eigenvalue weighted by atomic mass is 127. The van der Waals surface area contributed by atoms with Crippen LogP contribution in [-0.2, 0) is 0 Å². The van der Waals surface area contributed by atoms with E-state index in [-0.39, 0.29) is 11.8 Å². The predicted octanol–water partition coefficient (Wildman–Crippen LogP) is 3.20. The zero-order chi connectivity index (χ0) is 17.1. The van der Waals surface area contributed by atoms with Crippen LogP contribution in [0.4, 0.5) is 0 Å². The second kappa shape index (κ2) is 7.34. The van der Waals surface area contributed by atoms with Gasteiger partial charge in [-0.05, 0) is 53.3 Å². The first-order valence-electron chi connectivity index (χ1n) is 7.96. The Balaban J connectivity index is 1.66. The largest absolute Gasteiger partial charge is 0.335 e. The Morgan fingerprint density at radius 2 is 1.25 bits per heavy atom. The van der Waals surface area contributed by atoms with Gasteiger partial charge in [0.2, 0.25) is 0 Å². The van der Waals surface area contributed by atoms with Crippen molar-refractivity contribution in [2.75, 3.05) is 26.2 Å². The van der Waals surface area contributed by atoms with Crippen molar-refractivity contribution < 1.29 is 9.59 Å². The maximum Gasteiger partial charge on any atom is 0.255 e. The molecule has 2 aromatic carbocycles. The van der Waals surface area contributed by atoms with Crippen LogP contribution < -0.4 is 0 Å². The third-order valence-electron chi connectivity index (χ3n) is 4.33. The number of carbonyl (C=O) groups excluding carboxylic acids is 2. The van der Waals surface area contributed by atoms with Gasteiger partial charge in [-0.25, -0.2) is 0 Å². The fourth-order valence-electron chi connectivity index (χ4n) is 2.90. The summed E-state index contributed by atoms with van der Waals surface area (Å²) in [5, 5.41) is 0. The van der Waals surface area contributed by atoms with Crippen LogP contribution in [0.15, 0.2) is 48.5 Å². The molecule has 1 fully saturated rings. The van der Waals surface area contributed by atoms with Crippen molar-refractivity contribution in [2.24, 2.45) is 0 Å². The lowest BCUT2D eigenvalue weighted by Crippen LogP contribution is -2.50. The van der Waals surface area contributed by atoms with E-state index in [0.717, 1.165) is 20.3 Å². The average molecular weight is 434 g/mol. The first kappa shape index (κ1) is 17.0. The number of carbonyl (C=O) groups is 2. The second-order valence-corrected chi connectivity index (χ2v) is 7.04. The summed E-state index contributed by atoms with van der Waals surface area (Å²) in [5.41, 5.74) is 2.46. The molecule has 0 radical (unpaired) electrons. The summed E-state index contributed by atoms with van der Waals surface area (Å²) in [4.78, 5) is 28.9. The third kappa shape index (κ3) is 3.45. The lowest BCUT2D eigenvalue weighted by atomic mass is 10.1. The van der Waals surface area contributed by atoms with E-state index in [0.29, 0.717) is 26.2 Å². The summed E-state index contributed by atoms with van der Waals surface area (Å²) >= 11 is 2.19. The zero-order valence-electron chi connectivity index (χ0n) is 13.5. The number of piperazine rings is 1. The summed E-state index contributed by atoms with van der Waals surface area (Å²) in [6.07, 6.45) is 0. The Hall–Kier alpha value is -1.89. The summed E-state index contributed by atoms with van der Waals surface area (Å²) in [6, 6.07) is 15.2. The molecule has 1 saturated heterocycles. The number of benzene rings is 2. The van der Waals surface area contributed by atoms with Crippen LogP contribution in [0.3, 0.4) is 0 Å². The van der Waals surface area contributed by atoms with E-state index in [1.165, 1.54) is 0 Å². The fraction of sp³-hybridized carbons (Fsp3) is 0.263. The smallest absolute Gasteiger partial charge is 0.255 e. The normalized spacial score (nSPS) is 14.6. The predicted molar refractivity (Wildman–Crippen MR) is 102 cm³/mol. The van der Waals surface area contributed by atoms with Gasteiger partial charge >= 0.3 is 0 Å². The van der Waals surface area contributed by atoms with E-state index in [4.69, 9.17) is 0 Å². The minimum absolute atomic E-state index is 0.0444. The molecule has 24 heavy (non-hydrogen) atoms. The molecule has 0 N–H and O–H groups in total. The Bertz CT molecular complexity index is 702. The van der Waals surface area contributed by atoms with Gasteiger partial charge in [-0.1, -0.05) is 30.3 Å². The second-order valence-electron chi connectivity index (χ2n) is 5.88. The van der Waals surface area contributed by atoms with Gasteiger partial charge in [0.1, 0.15) is 0 Å². The number of hydrogen-bond acceptors (Lipinski definition) is 2. The molecular weight excluding hydrogens is 415 g/mol. The number of halogens is 1. The van der Waals surface area contributed by atoms with Gasteiger partial charge in [-0.3, -0.25) is 9.59 Å². The van der Waals surface area contributed by atoms with Gasteiger partial charge in [0.05, 0.1) is 5.56 Å². The summed E-state index contributed by atoms with van der Waals surface area (Å²) < 4.78 is 0.957. The third-order valence-corrected chi connectivity index (χ3v) is 5.27. The molecule has 4 nitrogen and oxygen atoms in total. The Labute approximate surface area is 155 Å². The van der Waals surface area contributed by atoms with Crippen molar-refractivity contribution in [3.05, 3.63) is 68.8 Å². The monoisotopic (exact) mass is 434 g/mol. The van der Waals surface area contributed by atoms with E-state index in [9.17, 15) is 9.59 Å².